The molecule has 0 saturated carbocycles. The fourth-order valence-corrected chi connectivity index (χ4v) is 1.83. The lowest BCUT2D eigenvalue weighted by molar-refractivity contribution is 0.0210. The van der Waals surface area contributed by atoms with E-state index in [1.807, 2.05) is 0 Å². The molecule has 1 aromatic rings. The number of nitriles is 1. The molecule has 0 aliphatic carbocycles. The number of benzene rings is 1. The summed E-state index contributed by atoms with van der Waals surface area (Å²) in [6.45, 7) is -0.407. The van der Waals surface area contributed by atoms with Crippen molar-refractivity contribution in [3.63, 3.8) is 0 Å². The average molecular weight is 226 g/mol. The van der Waals surface area contributed by atoms with Gasteiger partial charge >= 0.3 is 0 Å². The monoisotopic (exact) mass is 226 g/mol. The van der Waals surface area contributed by atoms with Crippen LogP contribution in [-0.2, 0) is 0 Å². The van der Waals surface area contributed by atoms with E-state index in [9.17, 15) is 13.2 Å². The zero-order valence-electron chi connectivity index (χ0n) is 8.30. The first-order chi connectivity index (χ1) is 7.50. The first-order valence-corrected chi connectivity index (χ1v) is 4.82. The zero-order valence-corrected chi connectivity index (χ0v) is 8.30. The Morgan fingerprint density at radius 1 is 1.38 bits per heavy atom. The molecule has 1 aliphatic heterocycles. The van der Waals surface area contributed by atoms with E-state index in [0.717, 1.165) is 6.07 Å². The third-order valence-electron chi connectivity index (χ3n) is 2.56. The Hall–Kier alpha value is -1.54. The maximum Gasteiger partial charge on any atom is 0.262 e. The highest BCUT2D eigenvalue weighted by Crippen LogP contribution is 2.34. The fraction of sp³-hybridized carbons (Fsp3) is 0.364. The van der Waals surface area contributed by atoms with E-state index in [2.05, 4.69) is 5.32 Å². The predicted octanol–water partition coefficient (Wildman–Crippen LogP) is 2.37. The van der Waals surface area contributed by atoms with Gasteiger partial charge < -0.3 is 5.32 Å². The number of hydrogen-bond acceptors (Lipinski definition) is 2. The van der Waals surface area contributed by atoms with Crippen molar-refractivity contribution < 1.29 is 13.2 Å². The third kappa shape index (κ3) is 2.17. The summed E-state index contributed by atoms with van der Waals surface area (Å²) in [6, 6.07) is 4.90. The SMILES string of the molecule is N#Cc1cc(F)cc(C2CC(F)(F)CN2)c1. The molecule has 2 rings (SSSR count). The molecule has 1 unspecified atom stereocenters. The van der Waals surface area contributed by atoms with Gasteiger partial charge in [0.2, 0.25) is 0 Å². The molecule has 1 N–H and O–H groups in total. The van der Waals surface area contributed by atoms with Gasteiger partial charge in [0, 0.05) is 12.5 Å². The first kappa shape index (κ1) is 11.0. The Labute approximate surface area is 90.7 Å². The number of halogens is 3. The molecule has 1 fully saturated rings. The lowest BCUT2D eigenvalue weighted by atomic mass is 10.0. The number of nitrogens with one attached hydrogen (secondary N) is 1. The van der Waals surface area contributed by atoms with E-state index in [1.165, 1.54) is 12.1 Å². The van der Waals surface area contributed by atoms with Gasteiger partial charge in [-0.15, -0.1) is 0 Å². The minimum Gasteiger partial charge on any atom is -0.304 e. The summed E-state index contributed by atoms with van der Waals surface area (Å²) in [5, 5.41) is 11.3. The van der Waals surface area contributed by atoms with Crippen molar-refractivity contribution >= 4 is 0 Å². The summed E-state index contributed by atoms with van der Waals surface area (Å²) in [5.41, 5.74) is 0.542. The van der Waals surface area contributed by atoms with E-state index >= 15 is 0 Å². The molecule has 1 atom stereocenters. The standard InChI is InChI=1S/C11H9F3N2/c12-9-2-7(5-15)1-8(3-9)10-4-11(13,14)6-16-10/h1-3,10,16H,4,6H2. The fourth-order valence-electron chi connectivity index (χ4n) is 1.83. The van der Waals surface area contributed by atoms with Gasteiger partial charge in [0.1, 0.15) is 5.82 Å². The van der Waals surface area contributed by atoms with Crippen LogP contribution in [-0.4, -0.2) is 12.5 Å². The molecule has 0 radical (unpaired) electrons. The summed E-state index contributed by atoms with van der Waals surface area (Å²) >= 11 is 0. The second kappa shape index (κ2) is 3.80. The van der Waals surface area contributed by atoms with Crippen LogP contribution in [0.1, 0.15) is 23.6 Å². The van der Waals surface area contributed by atoms with Gasteiger partial charge in [0.25, 0.3) is 5.92 Å². The van der Waals surface area contributed by atoms with Gasteiger partial charge in [-0.3, -0.25) is 0 Å². The predicted molar refractivity (Wildman–Crippen MR) is 51.4 cm³/mol. The van der Waals surface area contributed by atoms with Crippen molar-refractivity contribution in [3.05, 3.63) is 35.1 Å². The summed E-state index contributed by atoms with van der Waals surface area (Å²) in [7, 11) is 0. The van der Waals surface area contributed by atoms with Gasteiger partial charge in [-0.1, -0.05) is 0 Å². The average Bonchev–Trinajstić information content (AvgIpc) is 2.58. The topological polar surface area (TPSA) is 35.8 Å². The molecule has 0 amide bonds. The van der Waals surface area contributed by atoms with Gasteiger partial charge in [0.15, 0.2) is 0 Å². The van der Waals surface area contributed by atoms with E-state index in [1.54, 1.807) is 6.07 Å². The van der Waals surface area contributed by atoms with Crippen LogP contribution in [0.2, 0.25) is 0 Å². The number of alkyl halides is 2. The molecule has 84 valence electrons. The second-order valence-corrected chi connectivity index (χ2v) is 3.88. The van der Waals surface area contributed by atoms with E-state index in [-0.39, 0.29) is 12.0 Å². The molecule has 0 aromatic heterocycles. The molecule has 0 spiro atoms. The van der Waals surface area contributed by atoms with Crippen molar-refractivity contribution in [2.24, 2.45) is 0 Å². The number of rotatable bonds is 1. The highest BCUT2D eigenvalue weighted by atomic mass is 19.3. The van der Waals surface area contributed by atoms with Crippen LogP contribution in [0.5, 0.6) is 0 Å². The Bertz CT molecular complexity index is 451. The van der Waals surface area contributed by atoms with Crippen LogP contribution in [0.15, 0.2) is 18.2 Å². The van der Waals surface area contributed by atoms with Crippen molar-refractivity contribution in [3.8, 4) is 6.07 Å². The summed E-state index contributed by atoms with van der Waals surface area (Å²) in [6.07, 6.45) is -0.360. The van der Waals surface area contributed by atoms with Gasteiger partial charge in [0.05, 0.1) is 18.2 Å². The summed E-state index contributed by atoms with van der Waals surface area (Å²) < 4.78 is 39.0. The summed E-state index contributed by atoms with van der Waals surface area (Å²) in [4.78, 5) is 0. The Morgan fingerprint density at radius 2 is 2.12 bits per heavy atom. The van der Waals surface area contributed by atoms with Crippen LogP contribution >= 0.6 is 0 Å². The Balaban J connectivity index is 2.29. The molecular formula is C11H9F3N2. The minimum atomic E-state index is -2.76. The van der Waals surface area contributed by atoms with Crippen LogP contribution in [0.3, 0.4) is 0 Å². The zero-order chi connectivity index (χ0) is 11.8. The van der Waals surface area contributed by atoms with Gasteiger partial charge in [-0.25, -0.2) is 13.2 Å². The number of nitrogens with zero attached hydrogens (tertiary/aromatic N) is 1. The van der Waals surface area contributed by atoms with E-state index < -0.39 is 24.3 Å². The molecule has 1 aromatic carbocycles. The molecule has 1 heterocycles. The van der Waals surface area contributed by atoms with E-state index in [0.29, 0.717) is 5.56 Å². The third-order valence-corrected chi connectivity index (χ3v) is 2.56. The normalized spacial score (nSPS) is 23.0. The maximum absolute atomic E-state index is 13.1. The van der Waals surface area contributed by atoms with Crippen molar-refractivity contribution in [2.45, 2.75) is 18.4 Å². The van der Waals surface area contributed by atoms with Gasteiger partial charge in [-0.2, -0.15) is 5.26 Å². The molecule has 1 aliphatic rings. The number of hydrogen-bond donors (Lipinski definition) is 1. The highest BCUT2D eigenvalue weighted by molar-refractivity contribution is 5.35. The van der Waals surface area contributed by atoms with Crippen LogP contribution < -0.4 is 5.32 Å². The largest absolute Gasteiger partial charge is 0.304 e. The maximum atomic E-state index is 13.1. The molecule has 0 bridgehead atoms. The lowest BCUT2D eigenvalue weighted by Crippen LogP contribution is -2.19. The quantitative estimate of drug-likeness (QED) is 0.797. The molecule has 16 heavy (non-hydrogen) atoms. The molecule has 2 nitrogen and oxygen atoms in total. The summed E-state index contributed by atoms with van der Waals surface area (Å²) in [5.74, 6) is -3.34. The molecule has 5 heteroatoms. The highest BCUT2D eigenvalue weighted by Gasteiger charge is 2.39. The second-order valence-electron chi connectivity index (χ2n) is 3.88. The Kier molecular flexibility index (Phi) is 2.60. The molecule has 1 saturated heterocycles. The molecular weight excluding hydrogens is 217 g/mol. The van der Waals surface area contributed by atoms with Crippen LogP contribution in [0, 0.1) is 17.1 Å². The van der Waals surface area contributed by atoms with Crippen LogP contribution in [0.25, 0.3) is 0 Å². The van der Waals surface area contributed by atoms with Crippen LogP contribution in [0.4, 0.5) is 13.2 Å². The Morgan fingerprint density at radius 3 is 2.69 bits per heavy atom. The first-order valence-electron chi connectivity index (χ1n) is 4.82. The van der Waals surface area contributed by atoms with E-state index in [4.69, 9.17) is 5.26 Å². The van der Waals surface area contributed by atoms with Crippen molar-refractivity contribution in [1.29, 1.82) is 5.26 Å². The minimum absolute atomic E-state index is 0.145. The lowest BCUT2D eigenvalue weighted by Gasteiger charge is -2.11. The van der Waals surface area contributed by atoms with Crippen molar-refractivity contribution in [1.82, 2.24) is 5.32 Å². The smallest absolute Gasteiger partial charge is 0.262 e. The van der Waals surface area contributed by atoms with Crippen molar-refractivity contribution in [2.75, 3.05) is 6.54 Å². The van der Waals surface area contributed by atoms with Gasteiger partial charge in [-0.05, 0) is 23.8 Å².